The number of aromatic nitrogens is 2. The van der Waals surface area contributed by atoms with Crippen LogP contribution in [-0.4, -0.2) is 52.2 Å². The van der Waals surface area contributed by atoms with Gasteiger partial charge in [0, 0.05) is 37.7 Å². The third-order valence-corrected chi connectivity index (χ3v) is 5.97. The number of carbonyl (C=O) groups is 1. The highest BCUT2D eigenvalue weighted by molar-refractivity contribution is 7.07. The monoisotopic (exact) mass is 359 g/mol. The summed E-state index contributed by atoms with van der Waals surface area (Å²) >= 11 is 1.44. The molecule has 0 aromatic carbocycles. The van der Waals surface area contributed by atoms with E-state index < -0.39 is 0 Å². The molecule has 1 aliphatic heterocycles. The van der Waals surface area contributed by atoms with Gasteiger partial charge in [0.1, 0.15) is 11.8 Å². The normalized spacial score (nSPS) is 28.6. The van der Waals surface area contributed by atoms with Crippen LogP contribution in [-0.2, 0) is 4.74 Å². The largest absolute Gasteiger partial charge is 0.474 e. The highest BCUT2D eigenvalue weighted by Crippen LogP contribution is 2.43. The topological polar surface area (TPSA) is 64.6 Å². The van der Waals surface area contributed by atoms with Crippen molar-refractivity contribution < 1.29 is 14.3 Å². The van der Waals surface area contributed by atoms with Crippen molar-refractivity contribution in [2.75, 3.05) is 13.7 Å². The second-order valence-electron chi connectivity index (χ2n) is 6.59. The van der Waals surface area contributed by atoms with E-state index in [1.54, 1.807) is 24.2 Å². The molecule has 2 aromatic heterocycles. The minimum absolute atomic E-state index is 0.00848. The molecule has 0 N–H and O–H groups in total. The number of carbonyl (C=O) groups excluding carboxylic acids is 1. The van der Waals surface area contributed by atoms with Gasteiger partial charge in [0.2, 0.25) is 5.88 Å². The van der Waals surface area contributed by atoms with Crippen molar-refractivity contribution in [3.8, 4) is 5.88 Å². The van der Waals surface area contributed by atoms with Gasteiger partial charge in [-0.25, -0.2) is 9.97 Å². The van der Waals surface area contributed by atoms with Gasteiger partial charge in [-0.1, -0.05) is 6.07 Å². The highest BCUT2D eigenvalue weighted by Gasteiger charge is 2.53. The number of ether oxygens (including phenoxy) is 2. The third kappa shape index (κ3) is 3.02. The number of likely N-dealkylation sites (tertiary alicyclic amines) is 1. The number of hydrogen-bond acceptors (Lipinski definition) is 6. The number of thiazole rings is 1. The Bertz CT molecular complexity index is 724. The van der Waals surface area contributed by atoms with E-state index >= 15 is 0 Å². The maximum atomic E-state index is 12.8. The molecule has 7 heteroatoms. The SMILES string of the molecule is CO[C@@]12CC[C@H](Oc3ccccn3)C[C@@H]1N(C(=O)c1cscn1)CC2. The van der Waals surface area contributed by atoms with Gasteiger partial charge in [0.15, 0.2) is 0 Å². The molecular formula is C18H21N3O3S. The van der Waals surface area contributed by atoms with E-state index in [-0.39, 0.29) is 23.7 Å². The maximum Gasteiger partial charge on any atom is 0.273 e. The van der Waals surface area contributed by atoms with E-state index in [2.05, 4.69) is 9.97 Å². The fraction of sp³-hybridized carbons (Fsp3) is 0.500. The smallest absolute Gasteiger partial charge is 0.273 e. The van der Waals surface area contributed by atoms with E-state index in [4.69, 9.17) is 9.47 Å². The summed E-state index contributed by atoms with van der Waals surface area (Å²) in [7, 11) is 1.75. The van der Waals surface area contributed by atoms with Crippen molar-refractivity contribution in [2.45, 2.75) is 43.4 Å². The molecule has 2 aliphatic rings. The van der Waals surface area contributed by atoms with Gasteiger partial charge in [0.05, 0.1) is 17.2 Å². The van der Waals surface area contributed by atoms with Crippen molar-refractivity contribution in [1.82, 2.24) is 14.9 Å². The summed E-state index contributed by atoms with van der Waals surface area (Å²) in [5.41, 5.74) is 1.95. The Balaban J connectivity index is 1.53. The number of amides is 1. The first-order valence-corrected chi connectivity index (χ1v) is 9.48. The lowest BCUT2D eigenvalue weighted by Crippen LogP contribution is -2.53. The number of nitrogens with zero attached hydrogens (tertiary/aromatic N) is 3. The van der Waals surface area contributed by atoms with E-state index in [9.17, 15) is 4.79 Å². The summed E-state index contributed by atoms with van der Waals surface area (Å²) in [5, 5.41) is 1.81. The lowest BCUT2D eigenvalue weighted by Gasteiger charge is -2.43. The molecule has 25 heavy (non-hydrogen) atoms. The minimum atomic E-state index is -0.268. The van der Waals surface area contributed by atoms with Gasteiger partial charge in [-0.2, -0.15) is 0 Å². The fourth-order valence-electron chi connectivity index (χ4n) is 4.07. The van der Waals surface area contributed by atoms with Crippen LogP contribution < -0.4 is 4.74 Å². The van der Waals surface area contributed by atoms with Crippen LogP contribution in [0, 0.1) is 0 Å². The number of pyridine rings is 1. The lowest BCUT2D eigenvalue weighted by molar-refractivity contribution is -0.0788. The maximum absolute atomic E-state index is 12.8. The first-order chi connectivity index (χ1) is 12.2. The molecule has 0 radical (unpaired) electrons. The first-order valence-electron chi connectivity index (χ1n) is 8.54. The first kappa shape index (κ1) is 16.5. The van der Waals surface area contributed by atoms with Crippen LogP contribution in [0.5, 0.6) is 5.88 Å². The summed E-state index contributed by atoms with van der Waals surface area (Å²) in [5.74, 6) is 0.622. The predicted molar refractivity (Wildman–Crippen MR) is 93.8 cm³/mol. The molecule has 3 atom stereocenters. The minimum Gasteiger partial charge on any atom is -0.474 e. The van der Waals surface area contributed by atoms with Crippen molar-refractivity contribution in [2.24, 2.45) is 0 Å². The van der Waals surface area contributed by atoms with Gasteiger partial charge >= 0.3 is 0 Å². The van der Waals surface area contributed by atoms with Gasteiger partial charge in [-0.15, -0.1) is 11.3 Å². The molecular weight excluding hydrogens is 338 g/mol. The molecule has 1 saturated carbocycles. The van der Waals surface area contributed by atoms with Gasteiger partial charge in [0.25, 0.3) is 5.91 Å². The quantitative estimate of drug-likeness (QED) is 0.840. The molecule has 2 aromatic rings. The molecule has 6 nitrogen and oxygen atoms in total. The van der Waals surface area contributed by atoms with Crippen molar-refractivity contribution in [3.05, 3.63) is 41.0 Å². The van der Waals surface area contributed by atoms with Crippen molar-refractivity contribution in [1.29, 1.82) is 0 Å². The summed E-state index contributed by atoms with van der Waals surface area (Å²) in [6.07, 6.45) is 5.16. The molecule has 4 rings (SSSR count). The molecule has 3 heterocycles. The predicted octanol–water partition coefficient (Wildman–Crippen LogP) is 2.77. The van der Waals surface area contributed by atoms with Gasteiger partial charge < -0.3 is 14.4 Å². The molecule has 2 fully saturated rings. The second kappa shape index (κ2) is 6.72. The average molecular weight is 359 g/mol. The molecule has 0 spiro atoms. The standard InChI is InChI=1S/C18H21N3O3S/c1-23-18-6-5-13(24-16-4-2-3-8-19-16)10-15(18)21(9-7-18)17(22)14-11-25-12-20-14/h2-4,8,11-13,15H,5-7,9-10H2,1H3/t13-,15-,18+/m0/s1. The van der Waals surface area contributed by atoms with Gasteiger partial charge in [-0.05, 0) is 25.3 Å². The van der Waals surface area contributed by atoms with Crippen LogP contribution in [0.25, 0.3) is 0 Å². The summed E-state index contributed by atoms with van der Waals surface area (Å²) in [6, 6.07) is 5.66. The summed E-state index contributed by atoms with van der Waals surface area (Å²) < 4.78 is 12.0. The Hall–Kier alpha value is -1.99. The second-order valence-corrected chi connectivity index (χ2v) is 7.31. The highest BCUT2D eigenvalue weighted by atomic mass is 32.1. The van der Waals surface area contributed by atoms with Crippen LogP contribution in [0.1, 0.15) is 36.2 Å². The Morgan fingerprint density at radius 3 is 3.00 bits per heavy atom. The van der Waals surface area contributed by atoms with E-state index in [1.165, 1.54) is 11.3 Å². The number of methoxy groups -OCH3 is 1. The number of hydrogen-bond donors (Lipinski definition) is 0. The zero-order chi connectivity index (χ0) is 17.3. The Labute approximate surface area is 150 Å². The van der Waals surface area contributed by atoms with Crippen molar-refractivity contribution in [3.63, 3.8) is 0 Å². The molecule has 1 aliphatic carbocycles. The Morgan fingerprint density at radius 1 is 1.36 bits per heavy atom. The van der Waals surface area contributed by atoms with Crippen LogP contribution >= 0.6 is 11.3 Å². The molecule has 132 valence electrons. The molecule has 1 saturated heterocycles. The molecule has 0 unspecified atom stereocenters. The Kier molecular flexibility index (Phi) is 4.43. The van der Waals surface area contributed by atoms with Crippen LogP contribution in [0.3, 0.4) is 0 Å². The third-order valence-electron chi connectivity index (χ3n) is 5.38. The summed E-state index contributed by atoms with van der Waals surface area (Å²) in [6.45, 7) is 0.700. The van der Waals surface area contributed by atoms with Crippen LogP contribution in [0.15, 0.2) is 35.3 Å². The number of rotatable bonds is 4. The lowest BCUT2D eigenvalue weighted by atomic mass is 9.79. The fourth-order valence-corrected chi connectivity index (χ4v) is 4.59. The summed E-state index contributed by atoms with van der Waals surface area (Å²) in [4.78, 5) is 23.2. The van der Waals surface area contributed by atoms with E-state index in [1.807, 2.05) is 23.1 Å². The van der Waals surface area contributed by atoms with E-state index in [0.29, 0.717) is 18.1 Å². The average Bonchev–Trinajstić information content (AvgIpc) is 3.30. The van der Waals surface area contributed by atoms with Crippen molar-refractivity contribution >= 4 is 17.2 Å². The zero-order valence-electron chi connectivity index (χ0n) is 14.1. The van der Waals surface area contributed by atoms with Crippen LogP contribution in [0.2, 0.25) is 0 Å². The molecule has 0 bridgehead atoms. The zero-order valence-corrected chi connectivity index (χ0v) is 14.9. The Morgan fingerprint density at radius 2 is 2.28 bits per heavy atom. The van der Waals surface area contributed by atoms with E-state index in [0.717, 1.165) is 25.7 Å². The van der Waals surface area contributed by atoms with Crippen LogP contribution in [0.4, 0.5) is 0 Å². The van der Waals surface area contributed by atoms with Gasteiger partial charge in [-0.3, -0.25) is 4.79 Å². The number of fused-ring (bicyclic) bond motifs is 1. The molecule has 1 amide bonds.